The number of carboxylic acid groups (broad SMARTS) is 1. The molecule has 0 saturated heterocycles. The largest absolute Gasteiger partial charge is 0.497 e. The number of carbonyl (C=O) groups is 1. The zero-order valence-corrected chi connectivity index (χ0v) is 14.6. The summed E-state index contributed by atoms with van der Waals surface area (Å²) >= 11 is 0. The fraction of sp³-hybridized carbons (Fsp3) is 0.350. The van der Waals surface area contributed by atoms with Gasteiger partial charge in [-0.05, 0) is 29.7 Å². The molecular weight excluding hydrogens is 318 g/mol. The minimum Gasteiger partial charge on any atom is -0.497 e. The first-order valence-corrected chi connectivity index (χ1v) is 8.42. The predicted molar refractivity (Wildman–Crippen MR) is 95.6 cm³/mol. The number of hydrogen-bond acceptors (Lipinski definition) is 4. The third kappa shape index (κ3) is 3.94. The maximum atomic E-state index is 11.4. The van der Waals surface area contributed by atoms with Gasteiger partial charge in [0.05, 0.1) is 7.11 Å². The van der Waals surface area contributed by atoms with E-state index in [9.17, 15) is 9.90 Å². The highest BCUT2D eigenvalue weighted by Crippen LogP contribution is 2.29. The van der Waals surface area contributed by atoms with Crippen molar-refractivity contribution in [2.24, 2.45) is 0 Å². The highest BCUT2D eigenvalue weighted by atomic mass is 16.5. The van der Waals surface area contributed by atoms with Gasteiger partial charge in [-0.15, -0.1) is 0 Å². The van der Waals surface area contributed by atoms with Gasteiger partial charge in [0.15, 0.2) is 0 Å². The molecule has 1 heterocycles. The molecule has 0 fully saturated rings. The number of ether oxygens (including phenoxy) is 2. The summed E-state index contributed by atoms with van der Waals surface area (Å²) in [5.74, 6) is 0.774. The molecule has 2 aromatic rings. The van der Waals surface area contributed by atoms with Crippen LogP contribution < -0.4 is 9.47 Å². The van der Waals surface area contributed by atoms with Gasteiger partial charge in [-0.2, -0.15) is 0 Å². The van der Waals surface area contributed by atoms with Crippen molar-refractivity contribution in [1.82, 2.24) is 4.90 Å². The van der Waals surface area contributed by atoms with E-state index in [0.717, 1.165) is 24.4 Å². The third-order valence-electron chi connectivity index (χ3n) is 4.59. The molecule has 0 bridgehead atoms. The van der Waals surface area contributed by atoms with E-state index in [-0.39, 0.29) is 5.56 Å². The Kier molecular flexibility index (Phi) is 5.24. The molecule has 1 N–H and O–H groups in total. The van der Waals surface area contributed by atoms with Crippen molar-refractivity contribution in [3.63, 3.8) is 0 Å². The number of rotatable bonds is 5. The van der Waals surface area contributed by atoms with Crippen LogP contribution in [0.4, 0.5) is 0 Å². The average Bonchev–Trinajstić information content (AvgIpc) is 2.83. The fourth-order valence-electron chi connectivity index (χ4n) is 3.23. The molecule has 5 heteroatoms. The Balaban J connectivity index is 1.73. The third-order valence-corrected chi connectivity index (χ3v) is 4.59. The van der Waals surface area contributed by atoms with Gasteiger partial charge < -0.3 is 14.6 Å². The molecule has 1 aliphatic rings. The number of carboxylic acids is 1. The highest BCUT2D eigenvalue weighted by molar-refractivity contribution is 5.91. The van der Waals surface area contributed by atoms with Gasteiger partial charge in [-0.1, -0.05) is 31.2 Å². The second kappa shape index (κ2) is 7.57. The van der Waals surface area contributed by atoms with Crippen LogP contribution >= 0.6 is 0 Å². The standard InChI is InChI=1S/C20H23NO4/c1-14(15-6-8-17(24-2)9-7-15)12-21-10-11-25-19-16(13-21)4-3-5-18(19)20(22)23/h3-9,14H,10-13H2,1-2H3,(H,22,23). The summed E-state index contributed by atoms with van der Waals surface area (Å²) in [6, 6.07) is 13.5. The molecule has 0 spiro atoms. The summed E-state index contributed by atoms with van der Waals surface area (Å²) < 4.78 is 11.0. The molecule has 1 aliphatic heterocycles. The van der Waals surface area contributed by atoms with Gasteiger partial charge in [0.25, 0.3) is 0 Å². The van der Waals surface area contributed by atoms with Gasteiger partial charge in [-0.3, -0.25) is 4.90 Å². The number of para-hydroxylation sites is 1. The van der Waals surface area contributed by atoms with Crippen LogP contribution in [0.25, 0.3) is 0 Å². The van der Waals surface area contributed by atoms with Gasteiger partial charge in [0, 0.05) is 25.2 Å². The number of fused-ring (bicyclic) bond motifs is 1. The van der Waals surface area contributed by atoms with Crippen LogP contribution in [-0.4, -0.2) is 42.8 Å². The highest BCUT2D eigenvalue weighted by Gasteiger charge is 2.22. The van der Waals surface area contributed by atoms with Crippen LogP contribution in [0.15, 0.2) is 42.5 Å². The Bertz CT molecular complexity index is 742. The topological polar surface area (TPSA) is 59.0 Å². The molecule has 3 rings (SSSR count). The molecule has 1 atom stereocenters. The summed E-state index contributed by atoms with van der Waals surface area (Å²) in [4.78, 5) is 13.7. The molecule has 132 valence electrons. The van der Waals surface area contributed by atoms with Gasteiger partial charge in [-0.25, -0.2) is 4.79 Å². The van der Waals surface area contributed by atoms with Crippen molar-refractivity contribution in [3.05, 3.63) is 59.2 Å². The normalized spacial score (nSPS) is 15.6. The van der Waals surface area contributed by atoms with E-state index in [1.54, 1.807) is 19.2 Å². The second-order valence-electron chi connectivity index (χ2n) is 6.36. The van der Waals surface area contributed by atoms with Gasteiger partial charge >= 0.3 is 5.97 Å². The maximum Gasteiger partial charge on any atom is 0.339 e. The minimum atomic E-state index is -0.947. The van der Waals surface area contributed by atoms with Crippen LogP contribution in [0.3, 0.4) is 0 Å². The van der Waals surface area contributed by atoms with Crippen molar-refractivity contribution < 1.29 is 19.4 Å². The predicted octanol–water partition coefficient (Wildman–Crippen LogP) is 3.39. The molecular formula is C20H23NO4. The number of hydrogen-bond donors (Lipinski definition) is 1. The van der Waals surface area contributed by atoms with Crippen molar-refractivity contribution in [2.45, 2.75) is 19.4 Å². The van der Waals surface area contributed by atoms with Crippen molar-refractivity contribution in [1.29, 1.82) is 0 Å². The number of aromatic carboxylic acids is 1. The maximum absolute atomic E-state index is 11.4. The summed E-state index contributed by atoms with van der Waals surface area (Å²) in [6.07, 6.45) is 0. The molecule has 2 aromatic carbocycles. The zero-order chi connectivity index (χ0) is 17.8. The first kappa shape index (κ1) is 17.3. The van der Waals surface area contributed by atoms with Crippen molar-refractivity contribution >= 4 is 5.97 Å². The monoisotopic (exact) mass is 341 g/mol. The Morgan fingerprint density at radius 1 is 1.28 bits per heavy atom. The molecule has 5 nitrogen and oxygen atoms in total. The lowest BCUT2D eigenvalue weighted by Gasteiger charge is -2.24. The fourth-order valence-corrected chi connectivity index (χ4v) is 3.23. The SMILES string of the molecule is COc1ccc(C(C)CN2CCOc3c(cccc3C(=O)O)C2)cc1. The van der Waals surface area contributed by atoms with Crippen LogP contribution in [0, 0.1) is 0 Å². The Labute approximate surface area is 147 Å². The van der Waals surface area contributed by atoms with E-state index >= 15 is 0 Å². The Morgan fingerprint density at radius 2 is 2.04 bits per heavy atom. The van der Waals surface area contributed by atoms with Crippen molar-refractivity contribution in [3.8, 4) is 11.5 Å². The first-order chi connectivity index (χ1) is 12.1. The second-order valence-corrected chi connectivity index (χ2v) is 6.36. The number of methoxy groups -OCH3 is 1. The van der Waals surface area contributed by atoms with E-state index in [2.05, 4.69) is 24.0 Å². The van der Waals surface area contributed by atoms with Crippen LogP contribution in [-0.2, 0) is 6.54 Å². The van der Waals surface area contributed by atoms with Gasteiger partial charge in [0.1, 0.15) is 23.7 Å². The molecule has 25 heavy (non-hydrogen) atoms. The molecule has 1 unspecified atom stereocenters. The van der Waals surface area contributed by atoms with E-state index in [1.807, 2.05) is 18.2 Å². The summed E-state index contributed by atoms with van der Waals surface area (Å²) in [5.41, 5.74) is 2.42. The molecule has 0 aromatic heterocycles. The van der Waals surface area contributed by atoms with Crippen LogP contribution in [0.5, 0.6) is 11.5 Å². The number of benzene rings is 2. The quantitative estimate of drug-likeness (QED) is 0.903. The molecule has 0 aliphatic carbocycles. The number of nitrogens with zero attached hydrogens (tertiary/aromatic N) is 1. The lowest BCUT2D eigenvalue weighted by molar-refractivity contribution is 0.0692. The van der Waals surface area contributed by atoms with Crippen LogP contribution in [0.2, 0.25) is 0 Å². The lowest BCUT2D eigenvalue weighted by Crippen LogP contribution is -2.29. The Hall–Kier alpha value is -2.53. The Morgan fingerprint density at radius 3 is 2.72 bits per heavy atom. The van der Waals surface area contributed by atoms with Crippen LogP contribution in [0.1, 0.15) is 34.3 Å². The molecule has 0 radical (unpaired) electrons. The summed E-state index contributed by atoms with van der Waals surface area (Å²) in [7, 11) is 1.67. The van der Waals surface area contributed by atoms with Crippen molar-refractivity contribution in [2.75, 3.05) is 26.8 Å². The summed E-state index contributed by atoms with van der Waals surface area (Å²) in [6.45, 7) is 5.03. The van der Waals surface area contributed by atoms with E-state index in [0.29, 0.717) is 24.8 Å². The average molecular weight is 341 g/mol. The first-order valence-electron chi connectivity index (χ1n) is 8.42. The molecule has 0 amide bonds. The van der Waals surface area contributed by atoms with E-state index in [4.69, 9.17) is 9.47 Å². The van der Waals surface area contributed by atoms with Gasteiger partial charge in [0.2, 0.25) is 0 Å². The minimum absolute atomic E-state index is 0.238. The summed E-state index contributed by atoms with van der Waals surface area (Å²) in [5, 5.41) is 9.33. The molecule has 0 saturated carbocycles. The lowest BCUT2D eigenvalue weighted by atomic mass is 10.00. The zero-order valence-electron chi connectivity index (χ0n) is 14.6. The smallest absolute Gasteiger partial charge is 0.339 e. The van der Waals surface area contributed by atoms with E-state index in [1.165, 1.54) is 5.56 Å². The van der Waals surface area contributed by atoms with E-state index < -0.39 is 5.97 Å².